The fourth-order valence-corrected chi connectivity index (χ4v) is 2.77. The molecule has 0 aliphatic carbocycles. The van der Waals surface area contributed by atoms with Gasteiger partial charge in [0.1, 0.15) is 5.69 Å². The quantitative estimate of drug-likeness (QED) is 0.545. The number of amides is 2. The van der Waals surface area contributed by atoms with Crippen LogP contribution in [-0.4, -0.2) is 35.7 Å². The Hall–Kier alpha value is -2.60. The molecule has 1 heterocycles. The summed E-state index contributed by atoms with van der Waals surface area (Å²) in [5.41, 5.74) is 2.71. The molecule has 1 aromatic heterocycles. The maximum absolute atomic E-state index is 12.2. The second-order valence-electron chi connectivity index (χ2n) is 5.70. The molecular weight excluding hydrogens is 342 g/mol. The first-order valence-electron chi connectivity index (χ1n) is 7.83. The van der Waals surface area contributed by atoms with Crippen molar-refractivity contribution in [3.05, 3.63) is 57.4 Å². The van der Waals surface area contributed by atoms with Gasteiger partial charge in [0.05, 0.1) is 0 Å². The lowest BCUT2D eigenvalue weighted by Crippen LogP contribution is -2.35. The highest BCUT2D eigenvalue weighted by Gasteiger charge is 2.19. The van der Waals surface area contributed by atoms with Crippen molar-refractivity contribution in [2.45, 2.75) is 20.8 Å². The van der Waals surface area contributed by atoms with Crippen LogP contribution in [0, 0.1) is 13.8 Å². The van der Waals surface area contributed by atoms with E-state index in [1.165, 1.54) is 6.92 Å². The van der Waals surface area contributed by atoms with E-state index >= 15 is 0 Å². The topological polar surface area (TPSA) is 91.1 Å². The van der Waals surface area contributed by atoms with Crippen molar-refractivity contribution in [3.63, 3.8) is 0 Å². The van der Waals surface area contributed by atoms with Gasteiger partial charge in [-0.3, -0.25) is 14.4 Å². The molecule has 1 aromatic carbocycles. The normalized spacial score (nSPS) is 10.4. The highest BCUT2D eigenvalue weighted by Crippen LogP contribution is 2.18. The third-order valence-corrected chi connectivity index (χ3v) is 4.07. The number of carbonyl (C=O) groups is 3. The summed E-state index contributed by atoms with van der Waals surface area (Å²) in [6.45, 7) is 5.51. The summed E-state index contributed by atoms with van der Waals surface area (Å²) in [4.78, 5) is 38.7. The van der Waals surface area contributed by atoms with Crippen LogP contribution in [0.5, 0.6) is 0 Å². The van der Waals surface area contributed by atoms with Gasteiger partial charge in [0.2, 0.25) is 0 Å². The number of H-pyrrole nitrogens is 1. The number of hydrogen-bond donors (Lipinski definition) is 3. The molecule has 0 saturated carbocycles. The van der Waals surface area contributed by atoms with Gasteiger partial charge in [-0.25, -0.2) is 0 Å². The Kier molecular flexibility index (Phi) is 5.98. The third kappa shape index (κ3) is 4.48. The highest BCUT2D eigenvalue weighted by molar-refractivity contribution is 6.30. The van der Waals surface area contributed by atoms with Crippen molar-refractivity contribution >= 4 is 29.2 Å². The number of ketones is 1. The lowest BCUT2D eigenvalue weighted by molar-refractivity contribution is 0.0925. The molecule has 2 amide bonds. The highest BCUT2D eigenvalue weighted by atomic mass is 35.5. The molecule has 0 radical (unpaired) electrons. The number of benzene rings is 1. The van der Waals surface area contributed by atoms with Crippen molar-refractivity contribution < 1.29 is 14.4 Å². The van der Waals surface area contributed by atoms with Gasteiger partial charge in [0, 0.05) is 34.9 Å². The minimum atomic E-state index is -0.311. The van der Waals surface area contributed by atoms with E-state index in [-0.39, 0.29) is 30.7 Å². The van der Waals surface area contributed by atoms with Gasteiger partial charge in [0.15, 0.2) is 5.78 Å². The predicted octanol–water partition coefficient (Wildman–Crippen LogP) is 2.65. The smallest absolute Gasteiger partial charge is 0.268 e. The summed E-state index contributed by atoms with van der Waals surface area (Å²) in [6.07, 6.45) is 0. The van der Waals surface area contributed by atoms with Crippen LogP contribution in [0.3, 0.4) is 0 Å². The van der Waals surface area contributed by atoms with Crippen LogP contribution in [0.4, 0.5) is 0 Å². The summed E-state index contributed by atoms with van der Waals surface area (Å²) in [5.74, 6) is -0.633. The van der Waals surface area contributed by atoms with E-state index in [9.17, 15) is 14.4 Å². The van der Waals surface area contributed by atoms with E-state index in [2.05, 4.69) is 15.6 Å². The van der Waals surface area contributed by atoms with Gasteiger partial charge >= 0.3 is 0 Å². The molecule has 6 nitrogen and oxygen atoms in total. The number of hydrogen-bond acceptors (Lipinski definition) is 3. The van der Waals surface area contributed by atoms with E-state index in [1.54, 1.807) is 38.1 Å². The van der Waals surface area contributed by atoms with Crippen LogP contribution >= 0.6 is 11.6 Å². The summed E-state index contributed by atoms with van der Waals surface area (Å²) in [6, 6.07) is 6.54. The molecule has 2 rings (SSSR count). The number of aryl methyl sites for hydroxylation is 1. The molecular formula is C18H20ClN3O3. The zero-order chi connectivity index (χ0) is 18.6. The van der Waals surface area contributed by atoms with Crippen LogP contribution in [0.15, 0.2) is 24.3 Å². The molecule has 0 spiro atoms. The van der Waals surface area contributed by atoms with Crippen LogP contribution in [0.25, 0.3) is 0 Å². The van der Waals surface area contributed by atoms with Crippen molar-refractivity contribution in [2.24, 2.45) is 0 Å². The van der Waals surface area contributed by atoms with Gasteiger partial charge in [-0.15, -0.1) is 0 Å². The Labute approximate surface area is 151 Å². The van der Waals surface area contributed by atoms with Crippen LogP contribution in [0.1, 0.15) is 49.4 Å². The maximum Gasteiger partial charge on any atom is 0.268 e. The average Bonchev–Trinajstić information content (AvgIpc) is 2.86. The van der Waals surface area contributed by atoms with Gasteiger partial charge < -0.3 is 15.6 Å². The fraction of sp³-hybridized carbons (Fsp3) is 0.278. The third-order valence-electron chi connectivity index (χ3n) is 3.82. The molecule has 0 unspecified atom stereocenters. The molecule has 2 aromatic rings. The summed E-state index contributed by atoms with van der Waals surface area (Å²) in [5, 5.41) is 5.99. The molecule has 0 aliphatic heterocycles. The van der Waals surface area contributed by atoms with Crippen molar-refractivity contribution in [3.8, 4) is 0 Å². The van der Waals surface area contributed by atoms with E-state index in [4.69, 9.17) is 11.6 Å². The largest absolute Gasteiger partial charge is 0.354 e. The number of nitrogens with one attached hydrogen (secondary N) is 3. The van der Waals surface area contributed by atoms with Crippen LogP contribution in [-0.2, 0) is 0 Å². The Morgan fingerprint density at radius 1 is 1.00 bits per heavy atom. The monoisotopic (exact) mass is 361 g/mol. The number of Topliss-reactive ketones (excluding diaryl/α,β-unsaturated/α-hetero) is 1. The first kappa shape index (κ1) is 18.7. The number of aromatic amines is 1. The van der Waals surface area contributed by atoms with Gasteiger partial charge in [-0.05, 0) is 50.6 Å². The predicted molar refractivity (Wildman–Crippen MR) is 96.4 cm³/mol. The van der Waals surface area contributed by atoms with Crippen molar-refractivity contribution in [1.29, 1.82) is 0 Å². The number of carbonyl (C=O) groups excluding carboxylic acids is 3. The minimum absolute atomic E-state index is 0.0828. The zero-order valence-electron chi connectivity index (χ0n) is 14.3. The fourth-order valence-electron chi connectivity index (χ4n) is 2.65. The molecule has 132 valence electrons. The molecule has 0 aliphatic rings. The van der Waals surface area contributed by atoms with Crippen molar-refractivity contribution in [2.75, 3.05) is 13.1 Å². The lowest BCUT2D eigenvalue weighted by Gasteiger charge is -2.07. The summed E-state index contributed by atoms with van der Waals surface area (Å²) in [7, 11) is 0. The number of aromatic nitrogens is 1. The molecule has 0 saturated heterocycles. The number of rotatable bonds is 6. The van der Waals surface area contributed by atoms with Crippen LogP contribution in [0.2, 0.25) is 5.02 Å². The second kappa shape index (κ2) is 7.98. The minimum Gasteiger partial charge on any atom is -0.354 e. The van der Waals surface area contributed by atoms with E-state index < -0.39 is 0 Å². The Morgan fingerprint density at radius 3 is 2.08 bits per heavy atom. The maximum atomic E-state index is 12.2. The molecule has 0 fully saturated rings. The zero-order valence-corrected chi connectivity index (χ0v) is 15.1. The van der Waals surface area contributed by atoms with Gasteiger partial charge in [0.25, 0.3) is 11.8 Å². The SMILES string of the molecule is CC(=O)c1c(C)[nH]c(C(=O)NCCNC(=O)c2ccc(Cl)cc2)c1C. The second-order valence-corrected chi connectivity index (χ2v) is 6.14. The summed E-state index contributed by atoms with van der Waals surface area (Å²) >= 11 is 5.78. The Bertz CT molecular complexity index is 810. The molecule has 0 atom stereocenters. The van der Waals surface area contributed by atoms with E-state index in [1.807, 2.05) is 0 Å². The molecule has 3 N–H and O–H groups in total. The van der Waals surface area contributed by atoms with Gasteiger partial charge in [-0.1, -0.05) is 11.6 Å². The molecule has 0 bridgehead atoms. The van der Waals surface area contributed by atoms with Crippen molar-refractivity contribution in [1.82, 2.24) is 15.6 Å². The first-order valence-corrected chi connectivity index (χ1v) is 8.21. The first-order chi connectivity index (χ1) is 11.8. The molecule has 7 heteroatoms. The average molecular weight is 362 g/mol. The summed E-state index contributed by atoms with van der Waals surface area (Å²) < 4.78 is 0. The Balaban J connectivity index is 1.87. The standard InChI is InChI=1S/C18H20ClN3O3/c1-10-15(12(3)23)11(2)22-16(10)18(25)21-9-8-20-17(24)13-4-6-14(19)7-5-13/h4-7,22H,8-9H2,1-3H3,(H,20,24)(H,21,25). The number of halogens is 1. The Morgan fingerprint density at radius 2 is 1.56 bits per heavy atom. The molecule has 25 heavy (non-hydrogen) atoms. The van der Waals surface area contributed by atoms with Crippen LogP contribution < -0.4 is 10.6 Å². The van der Waals surface area contributed by atoms with E-state index in [0.29, 0.717) is 33.1 Å². The lowest BCUT2D eigenvalue weighted by atomic mass is 10.1. The van der Waals surface area contributed by atoms with E-state index in [0.717, 1.165) is 0 Å². The van der Waals surface area contributed by atoms with Gasteiger partial charge in [-0.2, -0.15) is 0 Å².